The topological polar surface area (TPSA) is 77.0 Å². The number of nitrogens with zero attached hydrogens (tertiary/aromatic N) is 1. The van der Waals surface area contributed by atoms with Crippen molar-refractivity contribution in [3.63, 3.8) is 0 Å². The van der Waals surface area contributed by atoms with Crippen LogP contribution in [0, 0.1) is 0 Å². The Labute approximate surface area is 190 Å². The van der Waals surface area contributed by atoms with Gasteiger partial charge in [-0.05, 0) is 59.7 Å². The highest BCUT2D eigenvalue weighted by Crippen LogP contribution is 2.36. The van der Waals surface area contributed by atoms with Gasteiger partial charge in [-0.25, -0.2) is 0 Å². The van der Waals surface area contributed by atoms with Gasteiger partial charge >= 0.3 is 0 Å². The number of aliphatic imine (C=N–C) groups is 1. The zero-order valence-electron chi connectivity index (χ0n) is 17.1. The van der Waals surface area contributed by atoms with E-state index in [0.29, 0.717) is 34.5 Å². The molecule has 160 valence electrons. The summed E-state index contributed by atoms with van der Waals surface area (Å²) in [7, 11) is 1.56. The maximum atomic E-state index is 12.2. The Morgan fingerprint density at radius 2 is 2.13 bits per heavy atom. The van der Waals surface area contributed by atoms with Crippen LogP contribution in [0.1, 0.15) is 23.6 Å². The standard InChI is InChI=1S/C23H21ClN2O4S/c1-4-6-17-9-16(12-20-22(28)26-23(31-20)25-14(2)27)11-19(29-3)21(17)30-13-15-7-5-8-18(24)10-15/h4-5,7-12H,1,6,13H2,2-3H3,(H,25,26,27,28)/b20-12+. The summed E-state index contributed by atoms with van der Waals surface area (Å²) in [6, 6.07) is 11.1. The molecule has 2 aromatic carbocycles. The lowest BCUT2D eigenvalue weighted by molar-refractivity contribution is -0.117. The van der Waals surface area contributed by atoms with Gasteiger partial charge in [0.05, 0.1) is 12.0 Å². The first-order chi connectivity index (χ1) is 14.9. The van der Waals surface area contributed by atoms with Gasteiger partial charge in [0.2, 0.25) is 5.91 Å². The minimum Gasteiger partial charge on any atom is -0.493 e. The van der Waals surface area contributed by atoms with Gasteiger partial charge in [0, 0.05) is 17.5 Å². The van der Waals surface area contributed by atoms with E-state index in [1.165, 1.54) is 6.92 Å². The molecule has 1 heterocycles. The molecular formula is C23H21ClN2O4S. The quantitative estimate of drug-likeness (QED) is 0.480. The van der Waals surface area contributed by atoms with Crippen molar-refractivity contribution in [1.29, 1.82) is 0 Å². The maximum Gasteiger partial charge on any atom is 0.286 e. The van der Waals surface area contributed by atoms with Gasteiger partial charge in [-0.1, -0.05) is 29.8 Å². The summed E-state index contributed by atoms with van der Waals surface area (Å²) in [5.41, 5.74) is 2.54. The number of carbonyl (C=O) groups excluding carboxylic acids is 2. The average molecular weight is 457 g/mol. The molecule has 0 unspecified atom stereocenters. The number of methoxy groups -OCH3 is 1. The molecule has 3 rings (SSSR count). The van der Waals surface area contributed by atoms with Gasteiger partial charge in [-0.3, -0.25) is 9.59 Å². The predicted octanol–water partition coefficient (Wildman–Crippen LogP) is 4.76. The predicted molar refractivity (Wildman–Crippen MR) is 125 cm³/mol. The number of carbonyl (C=O) groups is 2. The van der Waals surface area contributed by atoms with E-state index in [-0.39, 0.29) is 11.1 Å². The molecule has 0 bridgehead atoms. The normalized spacial score (nSPS) is 14.4. The summed E-state index contributed by atoms with van der Waals surface area (Å²) in [4.78, 5) is 27.6. The van der Waals surface area contributed by atoms with Crippen molar-refractivity contribution in [3.8, 4) is 11.5 Å². The summed E-state index contributed by atoms with van der Waals surface area (Å²) in [5.74, 6) is 0.451. The highest BCUT2D eigenvalue weighted by molar-refractivity contribution is 8.18. The van der Waals surface area contributed by atoms with E-state index < -0.39 is 5.91 Å². The minimum atomic E-state index is -0.403. The molecule has 0 saturated carbocycles. The molecule has 2 aromatic rings. The SMILES string of the molecule is C=CCc1cc(/C=C2/SC(NC(C)=O)=NC2=O)cc(OC)c1OCc1cccc(Cl)c1. The molecule has 0 fully saturated rings. The van der Waals surface area contributed by atoms with Crippen LogP contribution in [0.15, 0.2) is 59.0 Å². The zero-order chi connectivity index (χ0) is 22.4. The molecule has 0 atom stereocenters. The third-order valence-electron chi connectivity index (χ3n) is 4.21. The molecule has 0 aromatic heterocycles. The summed E-state index contributed by atoms with van der Waals surface area (Å²) < 4.78 is 11.6. The summed E-state index contributed by atoms with van der Waals surface area (Å²) in [5, 5.41) is 3.44. The van der Waals surface area contributed by atoms with E-state index in [1.807, 2.05) is 24.3 Å². The number of allylic oxidation sites excluding steroid dienone is 1. The van der Waals surface area contributed by atoms with Crippen molar-refractivity contribution in [2.45, 2.75) is 20.0 Å². The highest BCUT2D eigenvalue weighted by Gasteiger charge is 2.23. The molecule has 1 aliphatic heterocycles. The Hall–Kier alpha value is -3.03. The van der Waals surface area contributed by atoms with E-state index in [0.717, 1.165) is 28.5 Å². The Morgan fingerprint density at radius 3 is 2.81 bits per heavy atom. The number of rotatable bonds is 7. The van der Waals surface area contributed by atoms with Crippen molar-refractivity contribution in [2.75, 3.05) is 7.11 Å². The second-order valence-corrected chi connectivity index (χ2v) is 8.10. The molecule has 1 aliphatic rings. The highest BCUT2D eigenvalue weighted by atomic mass is 35.5. The Morgan fingerprint density at radius 1 is 1.32 bits per heavy atom. The lowest BCUT2D eigenvalue weighted by Crippen LogP contribution is -2.23. The third-order valence-corrected chi connectivity index (χ3v) is 5.35. The van der Waals surface area contributed by atoms with E-state index in [4.69, 9.17) is 21.1 Å². The van der Waals surface area contributed by atoms with Crippen molar-refractivity contribution >= 4 is 46.4 Å². The fourth-order valence-corrected chi connectivity index (χ4v) is 4.01. The van der Waals surface area contributed by atoms with Gasteiger partial charge < -0.3 is 14.8 Å². The fourth-order valence-electron chi connectivity index (χ4n) is 2.94. The minimum absolute atomic E-state index is 0.267. The number of halogens is 1. The monoisotopic (exact) mass is 456 g/mol. The molecule has 31 heavy (non-hydrogen) atoms. The summed E-state index contributed by atoms with van der Waals surface area (Å²) in [6.07, 6.45) is 4.03. The van der Waals surface area contributed by atoms with Gasteiger partial charge in [-0.15, -0.1) is 6.58 Å². The number of amides is 2. The number of amidine groups is 1. The van der Waals surface area contributed by atoms with Crippen LogP contribution in [-0.4, -0.2) is 24.1 Å². The van der Waals surface area contributed by atoms with Crippen LogP contribution in [0.2, 0.25) is 5.02 Å². The van der Waals surface area contributed by atoms with Crippen molar-refractivity contribution in [1.82, 2.24) is 5.32 Å². The third kappa shape index (κ3) is 5.99. The van der Waals surface area contributed by atoms with Crippen LogP contribution in [0.5, 0.6) is 11.5 Å². The first-order valence-electron chi connectivity index (χ1n) is 9.38. The first kappa shape index (κ1) is 22.7. The molecule has 6 nitrogen and oxygen atoms in total. The first-order valence-corrected chi connectivity index (χ1v) is 10.6. The Bertz CT molecular complexity index is 1090. The lowest BCUT2D eigenvalue weighted by atomic mass is 10.0. The fraction of sp³-hybridized carbons (Fsp3) is 0.174. The molecule has 0 radical (unpaired) electrons. The van der Waals surface area contributed by atoms with Crippen LogP contribution in [0.4, 0.5) is 0 Å². The molecular weight excluding hydrogens is 436 g/mol. The van der Waals surface area contributed by atoms with E-state index in [9.17, 15) is 9.59 Å². The largest absolute Gasteiger partial charge is 0.493 e. The van der Waals surface area contributed by atoms with Gasteiger partial charge in [0.25, 0.3) is 5.91 Å². The number of nitrogens with one attached hydrogen (secondary N) is 1. The smallest absolute Gasteiger partial charge is 0.286 e. The van der Waals surface area contributed by atoms with Crippen LogP contribution in [0.25, 0.3) is 6.08 Å². The van der Waals surface area contributed by atoms with Crippen molar-refractivity contribution in [3.05, 3.63) is 75.7 Å². The van der Waals surface area contributed by atoms with E-state index >= 15 is 0 Å². The number of ether oxygens (including phenoxy) is 2. The number of thioether (sulfide) groups is 1. The van der Waals surface area contributed by atoms with Crippen LogP contribution < -0.4 is 14.8 Å². The van der Waals surface area contributed by atoms with Gasteiger partial charge in [0.1, 0.15) is 6.61 Å². The number of hydrogen-bond acceptors (Lipinski definition) is 5. The van der Waals surface area contributed by atoms with Crippen molar-refractivity contribution in [2.24, 2.45) is 4.99 Å². The molecule has 2 amide bonds. The van der Waals surface area contributed by atoms with Gasteiger partial charge in [0.15, 0.2) is 16.7 Å². The Kier molecular flexibility index (Phi) is 7.55. The molecule has 0 saturated heterocycles. The number of benzene rings is 2. The van der Waals surface area contributed by atoms with Crippen LogP contribution in [0.3, 0.4) is 0 Å². The summed E-state index contributed by atoms with van der Waals surface area (Å²) in [6.45, 7) is 5.51. The molecule has 1 N–H and O–H groups in total. The molecule has 8 heteroatoms. The van der Waals surface area contributed by atoms with E-state index in [1.54, 1.807) is 31.4 Å². The maximum absolute atomic E-state index is 12.2. The Balaban J connectivity index is 1.88. The number of hydrogen-bond donors (Lipinski definition) is 1. The van der Waals surface area contributed by atoms with Gasteiger partial charge in [-0.2, -0.15) is 4.99 Å². The second kappa shape index (κ2) is 10.3. The summed E-state index contributed by atoms with van der Waals surface area (Å²) >= 11 is 7.17. The zero-order valence-corrected chi connectivity index (χ0v) is 18.7. The average Bonchev–Trinajstić information content (AvgIpc) is 3.05. The van der Waals surface area contributed by atoms with Crippen LogP contribution in [-0.2, 0) is 22.6 Å². The van der Waals surface area contributed by atoms with E-state index in [2.05, 4.69) is 16.9 Å². The van der Waals surface area contributed by atoms with Crippen molar-refractivity contribution < 1.29 is 19.1 Å². The second-order valence-electron chi connectivity index (χ2n) is 6.64. The lowest BCUT2D eigenvalue weighted by Gasteiger charge is -2.16. The van der Waals surface area contributed by atoms with Crippen LogP contribution >= 0.6 is 23.4 Å². The molecule has 0 aliphatic carbocycles. The molecule has 0 spiro atoms.